The number of carboxylic acid groups (broad SMARTS) is 2. The van der Waals surface area contributed by atoms with E-state index >= 15 is 0 Å². The number of quaternary nitrogens is 1. The minimum absolute atomic E-state index is 0.0755. The maximum Gasteiger partial charge on any atom is 0.516 e. The molecule has 154 valence electrons. The quantitative estimate of drug-likeness (QED) is 0.494. The lowest BCUT2D eigenvalue weighted by Gasteiger charge is -2.51. The minimum Gasteiger partial charge on any atom is -0.477 e. The molecule has 2 rings (SSSR count). The van der Waals surface area contributed by atoms with Crippen LogP contribution in [0.5, 0.6) is 0 Å². The van der Waals surface area contributed by atoms with Crippen LogP contribution in [-0.2, 0) is 14.3 Å². The normalized spacial score (nSPS) is 30.0. The lowest BCUT2D eigenvalue weighted by atomic mass is 9.89. The van der Waals surface area contributed by atoms with E-state index in [1.807, 2.05) is 0 Å². The molecule has 1 aliphatic rings. The van der Waals surface area contributed by atoms with Crippen LogP contribution in [0.25, 0.3) is 0 Å². The van der Waals surface area contributed by atoms with E-state index in [4.69, 9.17) is 10.5 Å². The second-order valence-electron chi connectivity index (χ2n) is 8.06. The van der Waals surface area contributed by atoms with Gasteiger partial charge in [0.1, 0.15) is 11.4 Å². The predicted octanol–water partition coefficient (Wildman–Crippen LogP) is 0.796. The van der Waals surface area contributed by atoms with E-state index in [1.54, 1.807) is 20.8 Å². The molecular formula is C17H25N4O7+. The van der Waals surface area contributed by atoms with Gasteiger partial charge in [0.2, 0.25) is 11.7 Å². The summed E-state index contributed by atoms with van der Waals surface area (Å²) in [6.07, 6.45) is -3.12. The molecule has 0 aromatic carbocycles. The zero-order valence-corrected chi connectivity index (χ0v) is 16.4. The minimum atomic E-state index is -1.91. The Morgan fingerprint density at radius 3 is 2.32 bits per heavy atom. The molecule has 0 radical (unpaired) electrons. The summed E-state index contributed by atoms with van der Waals surface area (Å²) in [5.41, 5.74) is 1.54. The third kappa shape index (κ3) is 2.82. The third-order valence-electron chi connectivity index (χ3n) is 5.38. The van der Waals surface area contributed by atoms with Crippen molar-refractivity contribution in [2.45, 2.75) is 64.4 Å². The van der Waals surface area contributed by atoms with Gasteiger partial charge in [0.15, 0.2) is 6.10 Å². The number of ether oxygens (including phenoxy) is 1. The highest BCUT2D eigenvalue weighted by atomic mass is 16.5. The van der Waals surface area contributed by atoms with E-state index in [0.717, 1.165) is 11.5 Å². The lowest BCUT2D eigenvalue weighted by Crippen LogP contribution is -2.75. The Kier molecular flexibility index (Phi) is 5.02. The first-order valence-electron chi connectivity index (χ1n) is 8.58. The molecule has 1 fully saturated rings. The number of nitrogens with zero attached hydrogens (tertiary/aromatic N) is 3. The predicted molar refractivity (Wildman–Crippen MR) is 96.2 cm³/mol. The second kappa shape index (κ2) is 6.59. The first kappa shape index (κ1) is 21.4. The van der Waals surface area contributed by atoms with Gasteiger partial charge in [0.25, 0.3) is 0 Å². The van der Waals surface area contributed by atoms with Gasteiger partial charge in [-0.25, -0.2) is 14.2 Å². The highest BCUT2D eigenvalue weighted by molar-refractivity contribution is 5.80. The highest BCUT2D eigenvalue weighted by Gasteiger charge is 2.76. The smallest absolute Gasteiger partial charge is 0.477 e. The summed E-state index contributed by atoms with van der Waals surface area (Å²) in [7, 11) is 0. The summed E-state index contributed by atoms with van der Waals surface area (Å²) >= 11 is 0. The summed E-state index contributed by atoms with van der Waals surface area (Å²) in [5, 5.41) is 20.3. The Morgan fingerprint density at radius 2 is 1.93 bits per heavy atom. The molecule has 11 heteroatoms. The fourth-order valence-electron chi connectivity index (χ4n) is 4.48. The van der Waals surface area contributed by atoms with Crippen LogP contribution in [0.3, 0.4) is 0 Å². The summed E-state index contributed by atoms with van der Waals surface area (Å²) in [6, 6.07) is 1.29. The molecule has 28 heavy (non-hydrogen) atoms. The summed E-state index contributed by atoms with van der Waals surface area (Å²) in [4.78, 5) is 52.8. The molecule has 2 heterocycles. The number of aliphatic carboxylic acids is 1. The van der Waals surface area contributed by atoms with Crippen molar-refractivity contribution in [3.63, 3.8) is 0 Å². The monoisotopic (exact) mass is 397 g/mol. The fourth-order valence-corrected chi connectivity index (χ4v) is 4.48. The average molecular weight is 397 g/mol. The number of aromatic nitrogens is 2. The number of amides is 1. The highest BCUT2D eigenvalue weighted by Crippen LogP contribution is 2.54. The molecule has 1 aromatic rings. The summed E-state index contributed by atoms with van der Waals surface area (Å²) in [5.74, 6) is -2.19. The van der Waals surface area contributed by atoms with Gasteiger partial charge in [0.05, 0.1) is 6.42 Å². The van der Waals surface area contributed by atoms with Crippen molar-refractivity contribution in [2.24, 2.45) is 0 Å². The van der Waals surface area contributed by atoms with E-state index in [-0.39, 0.29) is 12.2 Å². The van der Waals surface area contributed by atoms with E-state index in [1.165, 1.54) is 19.2 Å². The SMILES string of the molecule is CC(=O)O[C@@H]1C[C@@](C)(C(=O)O)[N+](C(=O)O)(C(C)(C)C)[C@H]1n1ccc(N)nc1=O. The third-order valence-corrected chi connectivity index (χ3v) is 5.38. The molecule has 0 saturated carbocycles. The van der Waals surface area contributed by atoms with Gasteiger partial charge in [0, 0.05) is 20.0 Å². The molecule has 1 amide bonds. The molecule has 4 atom stereocenters. The van der Waals surface area contributed by atoms with Gasteiger partial charge in [-0.15, -0.1) is 0 Å². The van der Waals surface area contributed by atoms with E-state index < -0.39 is 51.6 Å². The fraction of sp³-hybridized carbons (Fsp3) is 0.588. The van der Waals surface area contributed by atoms with Crippen LogP contribution < -0.4 is 11.4 Å². The van der Waals surface area contributed by atoms with Crippen molar-refractivity contribution < 1.29 is 33.8 Å². The molecule has 1 aliphatic heterocycles. The largest absolute Gasteiger partial charge is 0.516 e. The number of likely N-dealkylation sites (tertiary alicyclic amines) is 1. The van der Waals surface area contributed by atoms with Crippen LogP contribution in [0.2, 0.25) is 0 Å². The number of anilines is 1. The van der Waals surface area contributed by atoms with Crippen molar-refractivity contribution in [1.82, 2.24) is 9.55 Å². The molecule has 1 saturated heterocycles. The second-order valence-corrected chi connectivity index (χ2v) is 8.06. The number of carboxylic acids is 1. The molecule has 11 nitrogen and oxygen atoms in total. The molecule has 4 N–H and O–H groups in total. The zero-order chi connectivity index (χ0) is 21.7. The molecule has 1 unspecified atom stereocenters. The van der Waals surface area contributed by atoms with Crippen LogP contribution >= 0.6 is 0 Å². The standard InChI is InChI=1S/C17H24N4O7/c1-9(22)28-10-8-17(5,13(23)24)21(15(26)27,16(2,3)4)12(10)20-7-6-11(18)19-14(20)25/h6-7,10,12H,8H2,1-5H3,(H3-,18,19,23,24,25,26,27)/p+1/t10-,12-,17+,21?/m1/s1. The number of rotatable bonds is 3. The van der Waals surface area contributed by atoms with Crippen LogP contribution in [0, 0.1) is 0 Å². The summed E-state index contributed by atoms with van der Waals surface area (Å²) < 4.78 is 5.21. The van der Waals surface area contributed by atoms with Gasteiger partial charge in [-0.3, -0.25) is 4.79 Å². The zero-order valence-electron chi connectivity index (χ0n) is 16.4. The number of esters is 1. The van der Waals surface area contributed by atoms with Gasteiger partial charge >= 0.3 is 23.7 Å². The molecule has 1 aromatic heterocycles. The summed E-state index contributed by atoms with van der Waals surface area (Å²) in [6.45, 7) is 7.08. The van der Waals surface area contributed by atoms with Crippen molar-refractivity contribution >= 4 is 23.8 Å². The van der Waals surface area contributed by atoms with Gasteiger partial charge in [-0.1, -0.05) is 0 Å². The molecule has 0 bridgehead atoms. The Labute approximate surface area is 160 Å². The van der Waals surface area contributed by atoms with Crippen molar-refractivity contribution in [1.29, 1.82) is 0 Å². The van der Waals surface area contributed by atoms with Gasteiger partial charge in [-0.2, -0.15) is 14.3 Å². The number of nitrogens with two attached hydrogens (primary N) is 1. The van der Waals surface area contributed by atoms with Crippen molar-refractivity contribution in [3.05, 3.63) is 22.7 Å². The van der Waals surface area contributed by atoms with Crippen molar-refractivity contribution in [2.75, 3.05) is 5.73 Å². The maximum absolute atomic E-state index is 12.7. The van der Waals surface area contributed by atoms with Gasteiger partial charge < -0.3 is 20.7 Å². The number of hydrogen-bond donors (Lipinski definition) is 3. The Bertz CT molecular complexity index is 890. The number of carbonyl (C=O) groups excluding carboxylic acids is 1. The molecule has 0 aliphatic carbocycles. The first-order valence-corrected chi connectivity index (χ1v) is 8.58. The first-order chi connectivity index (χ1) is 12.7. The van der Waals surface area contributed by atoms with Crippen LogP contribution in [0.4, 0.5) is 10.6 Å². The number of hydrogen-bond acceptors (Lipinski definition) is 7. The van der Waals surface area contributed by atoms with Crippen LogP contribution in [0.15, 0.2) is 17.1 Å². The lowest BCUT2D eigenvalue weighted by molar-refractivity contribution is -0.964. The Morgan fingerprint density at radius 1 is 1.36 bits per heavy atom. The maximum atomic E-state index is 12.7. The average Bonchev–Trinajstić information content (AvgIpc) is 2.77. The van der Waals surface area contributed by atoms with Crippen molar-refractivity contribution in [3.8, 4) is 0 Å². The van der Waals surface area contributed by atoms with Crippen LogP contribution in [-0.4, -0.2) is 59.5 Å². The number of carbonyl (C=O) groups is 3. The molecule has 0 spiro atoms. The Hall–Kier alpha value is -2.95. The Balaban J connectivity index is 2.97. The topological polar surface area (TPSA) is 162 Å². The van der Waals surface area contributed by atoms with E-state index in [9.17, 15) is 29.4 Å². The van der Waals surface area contributed by atoms with E-state index in [0.29, 0.717) is 0 Å². The van der Waals surface area contributed by atoms with Gasteiger partial charge in [-0.05, 0) is 26.8 Å². The number of nitrogen functional groups attached to an aromatic ring is 1. The van der Waals surface area contributed by atoms with Crippen LogP contribution in [0.1, 0.15) is 47.2 Å². The molecular weight excluding hydrogens is 372 g/mol. The van der Waals surface area contributed by atoms with E-state index in [2.05, 4.69) is 4.98 Å².